The van der Waals surface area contributed by atoms with E-state index in [1.807, 2.05) is 0 Å². The first-order valence-electron chi connectivity index (χ1n) is 11.5. The second kappa shape index (κ2) is 8.43. The average molecular weight is 418 g/mol. The lowest BCUT2D eigenvalue weighted by Crippen LogP contribution is -2.13. The normalized spacial score (nSPS) is 12.1. The maximum atomic E-state index is 3.87. The minimum atomic E-state index is 0.0394. The van der Waals surface area contributed by atoms with Crippen LogP contribution in [0.25, 0.3) is 33.4 Å². The Labute approximate surface area is 194 Å². The molecule has 0 nitrogen and oxygen atoms in total. The predicted molar refractivity (Wildman–Crippen MR) is 139 cm³/mol. The third kappa shape index (κ3) is 4.41. The fourth-order valence-electron chi connectivity index (χ4n) is 4.45. The first-order valence-corrected chi connectivity index (χ1v) is 11.5. The summed E-state index contributed by atoms with van der Waals surface area (Å²) in [6, 6.07) is 36.6. The molecular formula is C32H33. The molecule has 0 fully saturated rings. The van der Waals surface area contributed by atoms with Crippen molar-refractivity contribution in [3.8, 4) is 33.4 Å². The summed E-state index contributed by atoms with van der Waals surface area (Å²) >= 11 is 0. The van der Waals surface area contributed by atoms with Crippen molar-refractivity contribution in [3.05, 3.63) is 108 Å². The van der Waals surface area contributed by atoms with Gasteiger partial charge in [0.05, 0.1) is 0 Å². The minimum absolute atomic E-state index is 0.0394. The third-order valence-electron chi connectivity index (χ3n) is 6.06. The van der Waals surface area contributed by atoms with Crippen molar-refractivity contribution < 1.29 is 0 Å². The molecule has 0 bridgehead atoms. The quantitative estimate of drug-likeness (QED) is 0.312. The van der Waals surface area contributed by atoms with Crippen LogP contribution < -0.4 is 0 Å². The van der Waals surface area contributed by atoms with E-state index in [1.165, 1.54) is 38.9 Å². The molecule has 0 unspecified atom stereocenters. The molecule has 4 aromatic rings. The zero-order chi connectivity index (χ0) is 22.9. The zero-order valence-electron chi connectivity index (χ0n) is 20.2. The summed E-state index contributed by atoms with van der Waals surface area (Å²) < 4.78 is 0. The Hall–Kier alpha value is -3.12. The number of hydrogen-bond acceptors (Lipinski definition) is 0. The molecule has 0 aliphatic rings. The van der Waals surface area contributed by atoms with Crippen molar-refractivity contribution in [3.63, 3.8) is 0 Å². The van der Waals surface area contributed by atoms with Gasteiger partial charge in [-0.2, -0.15) is 0 Å². The van der Waals surface area contributed by atoms with Crippen molar-refractivity contribution in [1.82, 2.24) is 0 Å². The molecule has 0 heterocycles. The number of hydrogen-bond donors (Lipinski definition) is 0. The standard InChI is InChI=1S/C32H33/c1-31(2,3)29-18-12-10-16-26(29)24-20-21-25(23-14-8-7-9-15-23)28(22-24)27-17-11-13-19-30(27)32(4,5)6/h7-21H,1-6H3. The molecule has 0 atom stereocenters. The Kier molecular flexibility index (Phi) is 5.82. The van der Waals surface area contributed by atoms with E-state index in [9.17, 15) is 0 Å². The van der Waals surface area contributed by atoms with Gasteiger partial charge in [-0.3, -0.25) is 0 Å². The van der Waals surface area contributed by atoms with Crippen LogP contribution >= 0.6 is 0 Å². The summed E-state index contributed by atoms with van der Waals surface area (Å²) in [6.45, 7) is 13.7. The van der Waals surface area contributed by atoms with Crippen molar-refractivity contribution in [2.45, 2.75) is 52.4 Å². The Balaban J connectivity index is 2.02. The molecule has 4 rings (SSSR count). The van der Waals surface area contributed by atoms with Gasteiger partial charge >= 0.3 is 0 Å². The summed E-state index contributed by atoms with van der Waals surface area (Å²) in [6.07, 6.45) is 0. The third-order valence-corrected chi connectivity index (χ3v) is 6.06. The highest BCUT2D eigenvalue weighted by Crippen LogP contribution is 2.41. The Bertz CT molecular complexity index is 1210. The second-order valence-electron chi connectivity index (χ2n) is 10.6. The molecule has 0 saturated carbocycles. The van der Waals surface area contributed by atoms with Gasteiger partial charge < -0.3 is 0 Å². The predicted octanol–water partition coefficient (Wildman–Crippen LogP) is 9.08. The van der Waals surface area contributed by atoms with Gasteiger partial charge in [-0.15, -0.1) is 0 Å². The Morgan fingerprint density at radius 2 is 0.969 bits per heavy atom. The SMILES string of the molecule is CC(C)(C)c1ccccc1-c1[c]c(-c2ccccc2C(C)(C)C)c(-c2ccccc2)cc1. The summed E-state index contributed by atoms with van der Waals surface area (Å²) in [7, 11) is 0. The molecule has 161 valence electrons. The smallest absolute Gasteiger partial charge is 0.000765 e. The lowest BCUT2D eigenvalue weighted by atomic mass is 9.78. The van der Waals surface area contributed by atoms with Crippen molar-refractivity contribution in [2.24, 2.45) is 0 Å². The summed E-state index contributed by atoms with van der Waals surface area (Å²) in [4.78, 5) is 0. The van der Waals surface area contributed by atoms with Gasteiger partial charge in [-0.25, -0.2) is 0 Å². The van der Waals surface area contributed by atoms with Crippen LogP contribution in [-0.2, 0) is 10.8 Å². The molecule has 0 aromatic heterocycles. The van der Waals surface area contributed by atoms with Crippen LogP contribution in [-0.4, -0.2) is 0 Å². The summed E-state index contributed by atoms with van der Waals surface area (Å²) in [5.41, 5.74) is 10.1. The molecule has 1 radical (unpaired) electrons. The summed E-state index contributed by atoms with van der Waals surface area (Å²) in [5, 5.41) is 0. The molecule has 0 saturated heterocycles. The average Bonchev–Trinajstić information content (AvgIpc) is 2.78. The maximum Gasteiger partial charge on any atom is -0.000765 e. The molecule has 0 aliphatic carbocycles. The van der Waals surface area contributed by atoms with E-state index in [0.717, 1.165) is 5.56 Å². The van der Waals surface area contributed by atoms with E-state index in [1.54, 1.807) is 0 Å². The largest absolute Gasteiger partial charge is 0.0622 e. The zero-order valence-corrected chi connectivity index (χ0v) is 20.2. The molecule has 0 spiro atoms. The van der Waals surface area contributed by atoms with Gasteiger partial charge in [0.2, 0.25) is 0 Å². The highest BCUT2D eigenvalue weighted by molar-refractivity contribution is 5.88. The van der Waals surface area contributed by atoms with Gasteiger partial charge in [0.1, 0.15) is 0 Å². The number of benzene rings is 4. The monoisotopic (exact) mass is 417 g/mol. The summed E-state index contributed by atoms with van der Waals surface area (Å²) in [5.74, 6) is 0. The van der Waals surface area contributed by atoms with Crippen LogP contribution in [0.5, 0.6) is 0 Å². The Morgan fingerprint density at radius 3 is 1.56 bits per heavy atom. The first kappa shape index (κ1) is 22.1. The molecule has 0 amide bonds. The van der Waals surface area contributed by atoms with Gasteiger partial charge in [0, 0.05) is 0 Å². The molecule has 0 aliphatic heterocycles. The molecular weight excluding hydrogens is 384 g/mol. The maximum absolute atomic E-state index is 3.87. The van der Waals surface area contributed by atoms with E-state index >= 15 is 0 Å². The van der Waals surface area contributed by atoms with E-state index in [-0.39, 0.29) is 10.8 Å². The van der Waals surface area contributed by atoms with E-state index in [2.05, 4.69) is 139 Å². The lowest BCUT2D eigenvalue weighted by molar-refractivity contribution is 0.592. The van der Waals surface area contributed by atoms with Crippen LogP contribution in [0, 0.1) is 6.07 Å². The van der Waals surface area contributed by atoms with Gasteiger partial charge in [-0.1, -0.05) is 133 Å². The number of rotatable bonds is 3. The van der Waals surface area contributed by atoms with E-state index in [4.69, 9.17) is 0 Å². The molecule has 32 heavy (non-hydrogen) atoms. The topological polar surface area (TPSA) is 0 Å². The first-order chi connectivity index (χ1) is 15.2. The van der Waals surface area contributed by atoms with Crippen LogP contribution in [0.1, 0.15) is 52.7 Å². The highest BCUT2D eigenvalue weighted by atomic mass is 14.3. The van der Waals surface area contributed by atoms with Gasteiger partial charge in [0.15, 0.2) is 0 Å². The second-order valence-corrected chi connectivity index (χ2v) is 10.6. The van der Waals surface area contributed by atoms with Gasteiger partial charge in [0.25, 0.3) is 0 Å². The minimum Gasteiger partial charge on any atom is -0.0622 e. The lowest BCUT2D eigenvalue weighted by Gasteiger charge is -2.26. The molecule has 0 heteroatoms. The van der Waals surface area contributed by atoms with Crippen LogP contribution in [0.3, 0.4) is 0 Å². The van der Waals surface area contributed by atoms with Crippen LogP contribution in [0.15, 0.2) is 91.0 Å². The molecule has 0 N–H and O–H groups in total. The van der Waals surface area contributed by atoms with Crippen LogP contribution in [0.4, 0.5) is 0 Å². The Morgan fingerprint density at radius 1 is 0.469 bits per heavy atom. The van der Waals surface area contributed by atoms with Crippen molar-refractivity contribution in [2.75, 3.05) is 0 Å². The fourth-order valence-corrected chi connectivity index (χ4v) is 4.45. The fraction of sp³-hybridized carbons (Fsp3) is 0.250. The molecule has 4 aromatic carbocycles. The van der Waals surface area contributed by atoms with Crippen molar-refractivity contribution >= 4 is 0 Å². The van der Waals surface area contributed by atoms with Gasteiger partial charge in [-0.05, 0) is 61.4 Å². The van der Waals surface area contributed by atoms with E-state index in [0.29, 0.717) is 0 Å². The van der Waals surface area contributed by atoms with Crippen molar-refractivity contribution in [1.29, 1.82) is 0 Å². The van der Waals surface area contributed by atoms with Crippen LogP contribution in [0.2, 0.25) is 0 Å². The van der Waals surface area contributed by atoms with E-state index < -0.39 is 0 Å². The highest BCUT2D eigenvalue weighted by Gasteiger charge is 2.22.